The lowest BCUT2D eigenvalue weighted by molar-refractivity contribution is 0.0696. The van der Waals surface area contributed by atoms with Crippen LogP contribution < -0.4 is 4.74 Å². The van der Waals surface area contributed by atoms with Gasteiger partial charge in [-0.05, 0) is 44.0 Å². The van der Waals surface area contributed by atoms with Crippen LogP contribution in [-0.2, 0) is 0 Å². The second-order valence-electron chi connectivity index (χ2n) is 5.46. The van der Waals surface area contributed by atoms with E-state index in [9.17, 15) is 4.79 Å². The average Bonchev–Trinajstić information content (AvgIpc) is 2.48. The Morgan fingerprint density at radius 2 is 2.14 bits per heavy atom. The zero-order chi connectivity index (χ0) is 15.2. The van der Waals surface area contributed by atoms with Crippen LogP contribution in [0.1, 0.15) is 43.0 Å². The van der Waals surface area contributed by atoms with E-state index in [0.29, 0.717) is 10.8 Å². The summed E-state index contributed by atoms with van der Waals surface area (Å²) in [5.41, 5.74) is 0.182. The fourth-order valence-corrected chi connectivity index (χ4v) is 2.77. The second-order valence-corrected chi connectivity index (χ2v) is 5.87. The van der Waals surface area contributed by atoms with Gasteiger partial charge in [-0.3, -0.25) is 0 Å². The standard InChI is InChI=1S/C16H22ClNO3/c1-2-3-8-18-9-6-13(7-10-18)21-15-5-4-12(16(19)20)11-14(15)17/h4-5,11,13H,2-3,6-10H2,1H3,(H,19,20). The molecule has 0 aromatic heterocycles. The minimum Gasteiger partial charge on any atom is -0.489 e. The number of likely N-dealkylation sites (tertiary alicyclic amines) is 1. The third-order valence-corrected chi connectivity index (χ3v) is 4.13. The highest BCUT2D eigenvalue weighted by molar-refractivity contribution is 6.32. The molecule has 1 saturated heterocycles. The molecule has 1 heterocycles. The van der Waals surface area contributed by atoms with E-state index in [1.807, 2.05) is 0 Å². The molecule has 0 unspecified atom stereocenters. The number of unbranched alkanes of at least 4 members (excludes halogenated alkanes) is 1. The molecule has 1 aliphatic rings. The minimum atomic E-state index is -0.979. The van der Waals surface area contributed by atoms with Crippen molar-refractivity contribution in [3.63, 3.8) is 0 Å². The summed E-state index contributed by atoms with van der Waals surface area (Å²) in [5, 5.41) is 9.28. The summed E-state index contributed by atoms with van der Waals surface area (Å²) in [6.45, 7) is 5.47. The van der Waals surface area contributed by atoms with E-state index in [4.69, 9.17) is 21.4 Å². The number of hydrogen-bond donors (Lipinski definition) is 1. The highest BCUT2D eigenvalue weighted by Crippen LogP contribution is 2.28. The summed E-state index contributed by atoms with van der Waals surface area (Å²) in [6, 6.07) is 4.62. The first kappa shape index (κ1) is 16.1. The maximum atomic E-state index is 10.9. The maximum absolute atomic E-state index is 10.9. The Hall–Kier alpha value is -1.26. The molecule has 0 radical (unpaired) electrons. The molecule has 0 aliphatic carbocycles. The van der Waals surface area contributed by atoms with Crippen LogP contribution in [0.3, 0.4) is 0 Å². The fraction of sp³-hybridized carbons (Fsp3) is 0.562. The lowest BCUT2D eigenvalue weighted by Gasteiger charge is -2.32. The van der Waals surface area contributed by atoms with Crippen LogP contribution in [0.4, 0.5) is 0 Å². The van der Waals surface area contributed by atoms with Gasteiger partial charge in [0.25, 0.3) is 0 Å². The molecule has 0 spiro atoms. The van der Waals surface area contributed by atoms with E-state index in [2.05, 4.69) is 11.8 Å². The summed E-state index contributed by atoms with van der Waals surface area (Å²) in [5.74, 6) is -0.402. The zero-order valence-electron chi connectivity index (χ0n) is 12.3. The Morgan fingerprint density at radius 1 is 1.43 bits per heavy atom. The molecule has 1 fully saturated rings. The molecule has 0 amide bonds. The number of carbonyl (C=O) groups is 1. The SMILES string of the molecule is CCCCN1CCC(Oc2ccc(C(=O)O)cc2Cl)CC1. The second kappa shape index (κ2) is 7.66. The van der Waals surface area contributed by atoms with Crippen molar-refractivity contribution < 1.29 is 14.6 Å². The summed E-state index contributed by atoms with van der Waals surface area (Å²) in [7, 11) is 0. The third kappa shape index (κ3) is 4.61. The summed E-state index contributed by atoms with van der Waals surface area (Å²) < 4.78 is 5.92. The van der Waals surface area contributed by atoms with Gasteiger partial charge in [-0.25, -0.2) is 4.79 Å². The topological polar surface area (TPSA) is 49.8 Å². The molecule has 2 rings (SSSR count). The first-order valence-electron chi connectivity index (χ1n) is 7.52. The minimum absolute atomic E-state index is 0.163. The smallest absolute Gasteiger partial charge is 0.335 e. The molecule has 0 bridgehead atoms. The first-order valence-corrected chi connectivity index (χ1v) is 7.89. The van der Waals surface area contributed by atoms with Crippen molar-refractivity contribution in [3.05, 3.63) is 28.8 Å². The van der Waals surface area contributed by atoms with Gasteiger partial charge < -0.3 is 14.7 Å². The number of aromatic carboxylic acids is 1. The Balaban J connectivity index is 1.87. The van der Waals surface area contributed by atoms with E-state index < -0.39 is 5.97 Å². The quantitative estimate of drug-likeness (QED) is 0.870. The van der Waals surface area contributed by atoms with Crippen molar-refractivity contribution in [2.45, 2.75) is 38.7 Å². The molecular weight excluding hydrogens is 290 g/mol. The molecule has 1 aromatic rings. The summed E-state index contributed by atoms with van der Waals surface area (Å²) in [6.07, 6.45) is 4.60. The Kier molecular flexibility index (Phi) is 5.88. The number of carboxylic acid groups (broad SMARTS) is 1. The lowest BCUT2D eigenvalue weighted by Crippen LogP contribution is -2.38. The van der Waals surface area contributed by atoms with E-state index >= 15 is 0 Å². The largest absolute Gasteiger partial charge is 0.489 e. The Morgan fingerprint density at radius 3 is 2.71 bits per heavy atom. The van der Waals surface area contributed by atoms with Crippen molar-refractivity contribution >= 4 is 17.6 Å². The van der Waals surface area contributed by atoms with Gasteiger partial charge in [0.1, 0.15) is 11.9 Å². The number of benzene rings is 1. The van der Waals surface area contributed by atoms with Crippen molar-refractivity contribution in [1.82, 2.24) is 4.90 Å². The maximum Gasteiger partial charge on any atom is 0.335 e. The molecule has 0 atom stereocenters. The highest BCUT2D eigenvalue weighted by atomic mass is 35.5. The molecule has 4 nitrogen and oxygen atoms in total. The Labute approximate surface area is 130 Å². The van der Waals surface area contributed by atoms with Crippen LogP contribution in [0.5, 0.6) is 5.75 Å². The monoisotopic (exact) mass is 311 g/mol. The number of halogens is 1. The normalized spacial score (nSPS) is 16.9. The van der Waals surface area contributed by atoms with Gasteiger partial charge in [0.15, 0.2) is 0 Å². The van der Waals surface area contributed by atoms with Crippen LogP contribution in [0, 0.1) is 0 Å². The van der Waals surface area contributed by atoms with Gasteiger partial charge in [-0.2, -0.15) is 0 Å². The van der Waals surface area contributed by atoms with Crippen LogP contribution in [0.25, 0.3) is 0 Å². The van der Waals surface area contributed by atoms with E-state index in [-0.39, 0.29) is 11.7 Å². The summed E-state index contributed by atoms with van der Waals surface area (Å²) >= 11 is 6.09. The number of carboxylic acids is 1. The van der Waals surface area contributed by atoms with Gasteiger partial charge >= 0.3 is 5.97 Å². The number of piperidine rings is 1. The summed E-state index contributed by atoms with van der Waals surface area (Å²) in [4.78, 5) is 13.3. The molecule has 1 N–H and O–H groups in total. The van der Waals surface area contributed by atoms with Gasteiger partial charge in [0.2, 0.25) is 0 Å². The molecule has 1 aromatic carbocycles. The number of rotatable bonds is 6. The number of hydrogen-bond acceptors (Lipinski definition) is 3. The molecular formula is C16H22ClNO3. The van der Waals surface area contributed by atoms with E-state index in [1.54, 1.807) is 6.07 Å². The van der Waals surface area contributed by atoms with Gasteiger partial charge in [0.05, 0.1) is 10.6 Å². The molecule has 0 saturated carbocycles. The number of ether oxygens (including phenoxy) is 1. The van der Waals surface area contributed by atoms with Crippen molar-refractivity contribution in [1.29, 1.82) is 0 Å². The lowest BCUT2D eigenvalue weighted by atomic mass is 10.1. The van der Waals surface area contributed by atoms with Crippen molar-refractivity contribution in [2.24, 2.45) is 0 Å². The van der Waals surface area contributed by atoms with E-state index in [1.165, 1.54) is 25.0 Å². The molecule has 116 valence electrons. The predicted molar refractivity (Wildman–Crippen MR) is 83.4 cm³/mol. The van der Waals surface area contributed by atoms with Gasteiger partial charge in [0, 0.05) is 13.1 Å². The van der Waals surface area contributed by atoms with E-state index in [0.717, 1.165) is 32.5 Å². The van der Waals surface area contributed by atoms with Crippen LogP contribution in [0.2, 0.25) is 5.02 Å². The van der Waals surface area contributed by atoms with Gasteiger partial charge in [-0.15, -0.1) is 0 Å². The first-order chi connectivity index (χ1) is 10.1. The number of nitrogens with zero attached hydrogens (tertiary/aromatic N) is 1. The average molecular weight is 312 g/mol. The predicted octanol–water partition coefficient (Wildman–Crippen LogP) is 3.68. The van der Waals surface area contributed by atoms with Crippen LogP contribution >= 0.6 is 11.6 Å². The third-order valence-electron chi connectivity index (χ3n) is 3.83. The Bertz CT molecular complexity index is 484. The van der Waals surface area contributed by atoms with Crippen LogP contribution in [0.15, 0.2) is 18.2 Å². The fourth-order valence-electron chi connectivity index (χ4n) is 2.54. The zero-order valence-corrected chi connectivity index (χ0v) is 13.1. The molecule has 21 heavy (non-hydrogen) atoms. The highest BCUT2D eigenvalue weighted by Gasteiger charge is 2.21. The van der Waals surface area contributed by atoms with Gasteiger partial charge in [-0.1, -0.05) is 24.9 Å². The molecule has 5 heteroatoms. The van der Waals surface area contributed by atoms with Crippen molar-refractivity contribution in [2.75, 3.05) is 19.6 Å². The molecule has 1 aliphatic heterocycles. The van der Waals surface area contributed by atoms with Crippen molar-refractivity contribution in [3.8, 4) is 5.75 Å². The van der Waals surface area contributed by atoms with Crippen LogP contribution in [-0.4, -0.2) is 41.7 Å².